The number of anilines is 3. The van der Waals surface area contributed by atoms with Crippen LogP contribution in [-0.2, 0) is 10.8 Å². The molecule has 54 heavy (non-hydrogen) atoms. The Hall–Kier alpha value is -6.18. The van der Waals surface area contributed by atoms with Crippen LogP contribution in [0.15, 0.2) is 170 Å². The minimum Gasteiger partial charge on any atom is -0.309 e. The zero-order valence-corrected chi connectivity index (χ0v) is 31.6. The van der Waals surface area contributed by atoms with E-state index in [1.807, 2.05) is 0 Å². The van der Waals surface area contributed by atoms with Crippen molar-refractivity contribution in [2.45, 2.75) is 45.4 Å². The minimum absolute atomic E-state index is 0.00827. The van der Waals surface area contributed by atoms with Gasteiger partial charge in [0.15, 0.2) is 0 Å². The highest BCUT2D eigenvalue weighted by atomic mass is 15.1. The van der Waals surface area contributed by atoms with E-state index < -0.39 is 0 Å². The molecule has 1 nitrogen and oxygen atoms in total. The molecule has 0 aromatic heterocycles. The predicted octanol–water partition coefficient (Wildman–Crippen LogP) is 15.0. The largest absolute Gasteiger partial charge is 0.309 e. The second kappa shape index (κ2) is 11.9. The fraction of sp³-hybridized carbons (Fsp3) is 0.132. The van der Waals surface area contributed by atoms with Gasteiger partial charge in [-0.05, 0) is 101 Å². The van der Waals surface area contributed by atoms with Gasteiger partial charge in [0.05, 0.1) is 11.4 Å². The van der Waals surface area contributed by atoms with Gasteiger partial charge in [-0.2, -0.15) is 0 Å². The first-order valence-corrected chi connectivity index (χ1v) is 19.2. The van der Waals surface area contributed by atoms with Gasteiger partial charge >= 0.3 is 0 Å². The molecule has 1 aliphatic carbocycles. The Labute approximate surface area is 318 Å². The van der Waals surface area contributed by atoms with Gasteiger partial charge in [-0.1, -0.05) is 180 Å². The highest BCUT2D eigenvalue weighted by Crippen LogP contribution is 2.54. The van der Waals surface area contributed by atoms with E-state index in [-0.39, 0.29) is 10.8 Å². The molecule has 9 aromatic rings. The van der Waals surface area contributed by atoms with Gasteiger partial charge in [0.2, 0.25) is 0 Å². The first kappa shape index (κ1) is 32.5. The van der Waals surface area contributed by atoms with Crippen molar-refractivity contribution in [2.24, 2.45) is 0 Å². The van der Waals surface area contributed by atoms with E-state index in [0.717, 1.165) is 11.4 Å². The zero-order valence-electron chi connectivity index (χ0n) is 31.6. The molecule has 0 N–H and O–H groups in total. The second-order valence-electron chi connectivity index (χ2n) is 16.5. The van der Waals surface area contributed by atoms with Crippen LogP contribution in [-0.4, -0.2) is 0 Å². The van der Waals surface area contributed by atoms with Crippen LogP contribution in [0.2, 0.25) is 0 Å². The summed E-state index contributed by atoms with van der Waals surface area (Å²) in [5.41, 5.74) is 12.6. The maximum absolute atomic E-state index is 2.55. The Kier molecular flexibility index (Phi) is 7.17. The fourth-order valence-corrected chi connectivity index (χ4v) is 9.46. The molecule has 0 saturated heterocycles. The predicted molar refractivity (Wildman–Crippen MR) is 233 cm³/mol. The lowest BCUT2D eigenvalue weighted by Crippen LogP contribution is -2.17. The van der Waals surface area contributed by atoms with Gasteiger partial charge in [-0.3, -0.25) is 0 Å². The lowest BCUT2D eigenvalue weighted by molar-refractivity contribution is 0.596. The topological polar surface area (TPSA) is 3.24 Å². The van der Waals surface area contributed by atoms with Crippen LogP contribution >= 0.6 is 0 Å². The molecule has 1 heteroatoms. The summed E-state index contributed by atoms with van der Waals surface area (Å²) in [6.07, 6.45) is 0. The van der Waals surface area contributed by atoms with Crippen molar-refractivity contribution in [3.8, 4) is 22.3 Å². The third-order valence-electron chi connectivity index (χ3n) is 11.9. The van der Waals surface area contributed by atoms with Gasteiger partial charge in [0.1, 0.15) is 0 Å². The molecule has 0 fully saturated rings. The standard InChI is InChI=1S/C53H43N/c1-52(2,3)46-30-32-48(42-23-13-12-22-41(42)46)54(37-27-29-47-45(33-37)44-28-25-36-17-8-11-21-40(36)51(44)53(47,4)5)49-31-26-35-16-7-10-20-39(35)50(49)43-24-14-18-34-15-6-9-19-38(34)43/h6-33H,1-5H3. The third-order valence-corrected chi connectivity index (χ3v) is 11.9. The average Bonchev–Trinajstić information content (AvgIpc) is 3.43. The lowest BCUT2D eigenvalue weighted by Gasteiger charge is -2.32. The normalized spacial score (nSPS) is 13.4. The van der Waals surface area contributed by atoms with E-state index in [1.165, 1.54) is 87.7 Å². The number of hydrogen-bond acceptors (Lipinski definition) is 1. The van der Waals surface area contributed by atoms with Crippen LogP contribution in [0.4, 0.5) is 17.1 Å². The molecule has 0 radical (unpaired) electrons. The molecule has 0 heterocycles. The Morgan fingerprint density at radius 1 is 0.426 bits per heavy atom. The Balaban J connectivity index is 1.32. The molecule has 0 aliphatic heterocycles. The Morgan fingerprint density at radius 2 is 1.00 bits per heavy atom. The number of fused-ring (bicyclic) bond motifs is 8. The summed E-state index contributed by atoms with van der Waals surface area (Å²) in [5.74, 6) is 0. The zero-order chi connectivity index (χ0) is 36.8. The van der Waals surface area contributed by atoms with Gasteiger partial charge < -0.3 is 4.90 Å². The Bertz CT molecular complexity index is 2950. The average molecular weight is 694 g/mol. The van der Waals surface area contributed by atoms with Crippen molar-refractivity contribution in [3.63, 3.8) is 0 Å². The number of benzene rings is 9. The van der Waals surface area contributed by atoms with Crippen LogP contribution in [0.5, 0.6) is 0 Å². The van der Waals surface area contributed by atoms with Crippen molar-refractivity contribution >= 4 is 60.2 Å². The summed E-state index contributed by atoms with van der Waals surface area (Å²) >= 11 is 0. The van der Waals surface area contributed by atoms with E-state index >= 15 is 0 Å². The molecule has 0 saturated carbocycles. The summed E-state index contributed by atoms with van der Waals surface area (Å²) < 4.78 is 0. The molecular formula is C53H43N. The van der Waals surface area contributed by atoms with Crippen LogP contribution in [0.3, 0.4) is 0 Å². The number of hydrogen-bond donors (Lipinski definition) is 0. The highest BCUT2D eigenvalue weighted by molar-refractivity contribution is 6.13. The molecule has 0 amide bonds. The number of nitrogens with zero attached hydrogens (tertiary/aromatic N) is 1. The molecule has 0 atom stereocenters. The molecular weight excluding hydrogens is 651 g/mol. The van der Waals surface area contributed by atoms with Crippen LogP contribution < -0.4 is 4.90 Å². The van der Waals surface area contributed by atoms with E-state index in [9.17, 15) is 0 Å². The van der Waals surface area contributed by atoms with Gasteiger partial charge in [0.25, 0.3) is 0 Å². The quantitative estimate of drug-likeness (QED) is 0.177. The molecule has 9 aromatic carbocycles. The van der Waals surface area contributed by atoms with Crippen LogP contribution in [0, 0.1) is 0 Å². The first-order chi connectivity index (χ1) is 26.2. The first-order valence-electron chi connectivity index (χ1n) is 19.2. The van der Waals surface area contributed by atoms with Crippen LogP contribution in [0.1, 0.15) is 51.3 Å². The molecule has 10 rings (SSSR count). The van der Waals surface area contributed by atoms with E-state index in [2.05, 4.69) is 209 Å². The van der Waals surface area contributed by atoms with E-state index in [4.69, 9.17) is 0 Å². The molecule has 0 spiro atoms. The van der Waals surface area contributed by atoms with Crippen molar-refractivity contribution in [2.75, 3.05) is 4.90 Å². The molecule has 0 unspecified atom stereocenters. The van der Waals surface area contributed by atoms with Crippen molar-refractivity contribution in [3.05, 3.63) is 187 Å². The van der Waals surface area contributed by atoms with Gasteiger partial charge in [-0.15, -0.1) is 0 Å². The van der Waals surface area contributed by atoms with Crippen molar-refractivity contribution < 1.29 is 0 Å². The fourth-order valence-electron chi connectivity index (χ4n) is 9.46. The highest BCUT2D eigenvalue weighted by Gasteiger charge is 2.37. The molecule has 260 valence electrons. The smallest absolute Gasteiger partial charge is 0.0546 e. The third kappa shape index (κ3) is 4.85. The summed E-state index contributed by atoms with van der Waals surface area (Å²) in [4.78, 5) is 2.55. The lowest BCUT2D eigenvalue weighted by atomic mass is 9.80. The summed E-state index contributed by atoms with van der Waals surface area (Å²) in [6, 6.07) is 63.5. The molecule has 1 aliphatic rings. The molecule has 0 bridgehead atoms. The monoisotopic (exact) mass is 693 g/mol. The summed E-state index contributed by atoms with van der Waals surface area (Å²) in [5, 5.41) is 10.1. The maximum atomic E-state index is 2.55. The maximum Gasteiger partial charge on any atom is 0.0546 e. The van der Waals surface area contributed by atoms with Crippen molar-refractivity contribution in [1.29, 1.82) is 0 Å². The number of rotatable bonds is 4. The van der Waals surface area contributed by atoms with E-state index in [1.54, 1.807) is 0 Å². The summed E-state index contributed by atoms with van der Waals surface area (Å²) in [7, 11) is 0. The Morgan fingerprint density at radius 3 is 1.74 bits per heavy atom. The van der Waals surface area contributed by atoms with Crippen LogP contribution in [0.25, 0.3) is 65.3 Å². The van der Waals surface area contributed by atoms with Gasteiger partial charge in [-0.25, -0.2) is 0 Å². The second-order valence-corrected chi connectivity index (χ2v) is 16.5. The van der Waals surface area contributed by atoms with Crippen molar-refractivity contribution in [1.82, 2.24) is 0 Å². The summed E-state index contributed by atoms with van der Waals surface area (Å²) in [6.45, 7) is 11.7. The SMILES string of the molecule is CC(C)(C)c1ccc(N(c2ccc3c(c2)-c2ccc4ccccc4c2C3(C)C)c2ccc3ccccc3c2-c2cccc3ccccc23)c2ccccc12. The van der Waals surface area contributed by atoms with E-state index in [0.29, 0.717) is 0 Å². The van der Waals surface area contributed by atoms with Gasteiger partial charge in [0, 0.05) is 22.1 Å². The minimum atomic E-state index is -0.132.